The zero-order valence-corrected chi connectivity index (χ0v) is 23.6. The number of aliphatic hydroxyl groups is 2. The monoisotopic (exact) mass is 527 g/mol. The van der Waals surface area contributed by atoms with Crippen LogP contribution in [-0.2, 0) is 19.1 Å². The van der Waals surface area contributed by atoms with Gasteiger partial charge < -0.3 is 15.5 Å². The highest BCUT2D eigenvalue weighted by atomic mass is 32.2. The molecule has 4 aliphatic carbocycles. The molecule has 4 rings (SSSR count). The van der Waals surface area contributed by atoms with E-state index in [1.54, 1.807) is 6.92 Å². The van der Waals surface area contributed by atoms with E-state index in [-0.39, 0.29) is 47.8 Å². The van der Waals surface area contributed by atoms with Crippen LogP contribution in [0.4, 0.5) is 0 Å². The Kier molecular flexibility index (Phi) is 8.51. The fourth-order valence-corrected chi connectivity index (χ4v) is 10.2. The average Bonchev–Trinajstić information content (AvgIpc) is 3.15. The number of carbonyl (C=O) groups excluding carboxylic acids is 1. The Morgan fingerprint density at radius 1 is 1.06 bits per heavy atom. The van der Waals surface area contributed by atoms with Crippen LogP contribution in [0, 0.1) is 46.3 Å². The molecule has 8 heteroatoms. The van der Waals surface area contributed by atoms with Gasteiger partial charge in [-0.3, -0.25) is 8.98 Å². The lowest BCUT2D eigenvalue weighted by Gasteiger charge is -2.62. The van der Waals surface area contributed by atoms with Gasteiger partial charge >= 0.3 is 0 Å². The van der Waals surface area contributed by atoms with Crippen molar-refractivity contribution in [1.29, 1.82) is 0 Å². The van der Waals surface area contributed by atoms with E-state index >= 15 is 0 Å². The summed E-state index contributed by atoms with van der Waals surface area (Å²) in [6.45, 7) is 8.99. The third-order valence-electron chi connectivity index (χ3n) is 11.2. The van der Waals surface area contributed by atoms with E-state index in [4.69, 9.17) is 4.18 Å². The molecule has 7 nitrogen and oxygen atoms in total. The molecule has 36 heavy (non-hydrogen) atoms. The van der Waals surface area contributed by atoms with E-state index in [0.29, 0.717) is 41.9 Å². The maximum atomic E-state index is 12.4. The van der Waals surface area contributed by atoms with Crippen molar-refractivity contribution >= 4 is 16.0 Å². The van der Waals surface area contributed by atoms with Crippen molar-refractivity contribution in [3.63, 3.8) is 0 Å². The molecule has 0 heterocycles. The number of fused-ring (bicyclic) bond motifs is 5. The first-order valence-corrected chi connectivity index (χ1v) is 16.0. The van der Waals surface area contributed by atoms with Crippen molar-refractivity contribution in [2.45, 2.75) is 104 Å². The van der Waals surface area contributed by atoms with Crippen LogP contribution in [0.1, 0.15) is 91.9 Å². The maximum absolute atomic E-state index is 12.4. The minimum Gasteiger partial charge on any atom is -0.393 e. The summed E-state index contributed by atoms with van der Waals surface area (Å²) in [4.78, 5) is 12.4. The SMILES string of the molecule is CCOS(=O)(=O)CCNC(=O)CC[C@@H](C)[C@H]1CC[C@H]2[C@@H]3[C@@H](O)C[C@@H]4C[C@H](O)CC[C@]4(C)[C@H]3CC[C@]12C. The molecule has 4 fully saturated rings. The molecule has 0 aliphatic heterocycles. The highest BCUT2D eigenvalue weighted by Crippen LogP contribution is 2.68. The Morgan fingerprint density at radius 2 is 1.75 bits per heavy atom. The summed E-state index contributed by atoms with van der Waals surface area (Å²) in [5, 5.41) is 24.4. The van der Waals surface area contributed by atoms with Gasteiger partial charge in [0.2, 0.25) is 5.91 Å². The van der Waals surface area contributed by atoms with Gasteiger partial charge in [0.05, 0.1) is 24.6 Å². The smallest absolute Gasteiger partial charge is 0.269 e. The minimum atomic E-state index is -3.57. The Balaban J connectivity index is 1.34. The van der Waals surface area contributed by atoms with E-state index in [0.717, 1.165) is 51.4 Å². The normalized spacial score (nSPS) is 43.2. The van der Waals surface area contributed by atoms with Gasteiger partial charge in [-0.2, -0.15) is 8.42 Å². The van der Waals surface area contributed by atoms with E-state index in [1.807, 2.05) is 0 Å². The second kappa shape index (κ2) is 10.8. The number of rotatable bonds is 9. The lowest BCUT2D eigenvalue weighted by Crippen LogP contribution is -2.58. The third-order valence-corrected chi connectivity index (χ3v) is 12.5. The molecule has 1 amide bonds. The molecule has 0 aromatic rings. The molecular weight excluding hydrogens is 478 g/mol. The van der Waals surface area contributed by atoms with Gasteiger partial charge in [-0.25, -0.2) is 0 Å². The van der Waals surface area contributed by atoms with Gasteiger partial charge in [-0.1, -0.05) is 20.8 Å². The van der Waals surface area contributed by atoms with Crippen molar-refractivity contribution < 1.29 is 27.6 Å². The van der Waals surface area contributed by atoms with Gasteiger partial charge in [0.15, 0.2) is 0 Å². The topological polar surface area (TPSA) is 113 Å². The Morgan fingerprint density at radius 3 is 2.47 bits per heavy atom. The molecule has 3 N–H and O–H groups in total. The number of hydrogen-bond donors (Lipinski definition) is 3. The quantitative estimate of drug-likeness (QED) is 0.392. The molecule has 0 spiro atoms. The van der Waals surface area contributed by atoms with Gasteiger partial charge in [-0.05, 0) is 111 Å². The Labute approximate surface area is 218 Å². The number of amides is 1. The second-order valence-electron chi connectivity index (χ2n) is 13.0. The molecule has 0 unspecified atom stereocenters. The Hall–Kier alpha value is -0.700. The molecule has 0 bridgehead atoms. The first-order valence-electron chi connectivity index (χ1n) is 14.4. The molecular formula is C28H49NO6S. The van der Waals surface area contributed by atoms with Crippen LogP contribution in [0.5, 0.6) is 0 Å². The molecule has 0 saturated heterocycles. The highest BCUT2D eigenvalue weighted by molar-refractivity contribution is 7.86. The lowest BCUT2D eigenvalue weighted by molar-refractivity contribution is -0.174. The van der Waals surface area contributed by atoms with Crippen molar-refractivity contribution in [3.8, 4) is 0 Å². The lowest BCUT2D eigenvalue weighted by atomic mass is 9.43. The zero-order chi connectivity index (χ0) is 26.3. The van der Waals surface area contributed by atoms with Crippen molar-refractivity contribution in [1.82, 2.24) is 5.32 Å². The molecule has 208 valence electrons. The van der Waals surface area contributed by atoms with Crippen LogP contribution in [0.25, 0.3) is 0 Å². The largest absolute Gasteiger partial charge is 0.393 e. The average molecular weight is 528 g/mol. The summed E-state index contributed by atoms with van der Waals surface area (Å²) in [6, 6.07) is 0. The van der Waals surface area contributed by atoms with Crippen LogP contribution in [0.2, 0.25) is 0 Å². The van der Waals surface area contributed by atoms with E-state index < -0.39 is 10.1 Å². The number of hydrogen-bond acceptors (Lipinski definition) is 6. The van der Waals surface area contributed by atoms with Crippen LogP contribution < -0.4 is 5.32 Å². The predicted molar refractivity (Wildman–Crippen MR) is 139 cm³/mol. The summed E-state index contributed by atoms with van der Waals surface area (Å²) in [7, 11) is -3.57. The predicted octanol–water partition coefficient (Wildman–Crippen LogP) is 3.88. The molecule has 0 aromatic carbocycles. The highest BCUT2D eigenvalue weighted by Gasteiger charge is 2.62. The fourth-order valence-electron chi connectivity index (χ4n) is 9.38. The van der Waals surface area contributed by atoms with Crippen molar-refractivity contribution in [2.75, 3.05) is 18.9 Å². The molecule has 0 aromatic heterocycles. The minimum absolute atomic E-state index is 0.0799. The number of aliphatic hydroxyl groups excluding tert-OH is 2. The van der Waals surface area contributed by atoms with E-state index in [9.17, 15) is 23.4 Å². The summed E-state index contributed by atoms with van der Waals surface area (Å²) in [6.07, 6.45) is 9.06. The van der Waals surface area contributed by atoms with Crippen LogP contribution >= 0.6 is 0 Å². The van der Waals surface area contributed by atoms with E-state index in [2.05, 4.69) is 26.1 Å². The van der Waals surface area contributed by atoms with Gasteiger partial charge in [0.1, 0.15) is 0 Å². The maximum Gasteiger partial charge on any atom is 0.269 e. The molecule has 4 aliphatic rings. The Bertz CT molecular complexity index is 894. The van der Waals surface area contributed by atoms with Crippen LogP contribution in [0.15, 0.2) is 0 Å². The summed E-state index contributed by atoms with van der Waals surface area (Å²) in [5.41, 5.74) is 0.433. The molecule has 0 radical (unpaired) electrons. The zero-order valence-electron chi connectivity index (χ0n) is 22.7. The first kappa shape index (κ1) is 28.3. The summed E-state index contributed by atoms with van der Waals surface area (Å²) in [5.74, 6) is 2.51. The number of carbonyl (C=O) groups is 1. The van der Waals surface area contributed by atoms with Crippen molar-refractivity contribution in [3.05, 3.63) is 0 Å². The standard InChI is InChI=1S/C28H49NO6S/c1-5-35-36(33,34)15-14-29-25(32)9-6-18(2)21-7-8-22-26-23(11-13-28(21,22)4)27(3)12-10-20(30)16-19(27)17-24(26)31/h18-24,26,30-31H,5-17H2,1-4H3,(H,29,32)/t18-,19+,20-,21-,22+,23+,24+,26+,27+,28-/m1/s1. The molecule has 4 saturated carbocycles. The van der Waals surface area contributed by atoms with Crippen LogP contribution in [-0.4, -0.2) is 55.7 Å². The summed E-state index contributed by atoms with van der Waals surface area (Å²) >= 11 is 0. The van der Waals surface area contributed by atoms with Crippen molar-refractivity contribution in [2.24, 2.45) is 46.3 Å². The van der Waals surface area contributed by atoms with Gasteiger partial charge in [0, 0.05) is 13.0 Å². The van der Waals surface area contributed by atoms with Crippen LogP contribution in [0.3, 0.4) is 0 Å². The molecule has 10 atom stereocenters. The number of nitrogens with one attached hydrogen (secondary N) is 1. The fraction of sp³-hybridized carbons (Fsp3) is 0.964. The summed E-state index contributed by atoms with van der Waals surface area (Å²) < 4.78 is 28.0. The third kappa shape index (κ3) is 5.39. The van der Waals surface area contributed by atoms with Gasteiger partial charge in [-0.15, -0.1) is 0 Å². The van der Waals surface area contributed by atoms with Gasteiger partial charge in [0.25, 0.3) is 10.1 Å². The first-order chi connectivity index (χ1) is 16.9. The second-order valence-corrected chi connectivity index (χ2v) is 14.7. The van der Waals surface area contributed by atoms with E-state index in [1.165, 1.54) is 6.42 Å².